The second-order valence-corrected chi connectivity index (χ2v) is 6.65. The van der Waals surface area contributed by atoms with E-state index in [1.165, 1.54) is 4.90 Å². The Morgan fingerprint density at radius 1 is 1.29 bits per heavy atom. The second-order valence-electron chi connectivity index (χ2n) is 6.65. The van der Waals surface area contributed by atoms with Gasteiger partial charge in [-0.15, -0.1) is 0 Å². The molecule has 1 saturated carbocycles. The molecule has 6 heteroatoms. The maximum Gasteiger partial charge on any atom is 0.407 e. The predicted octanol–water partition coefficient (Wildman–Crippen LogP) is 3.26. The van der Waals surface area contributed by atoms with Crippen LogP contribution in [0.1, 0.15) is 31.4 Å². The van der Waals surface area contributed by atoms with E-state index in [0.717, 1.165) is 42.6 Å². The molecule has 1 aromatic carbocycles. The first-order valence-electron chi connectivity index (χ1n) is 8.19. The highest BCUT2D eigenvalue weighted by atomic mass is 16.4. The van der Waals surface area contributed by atoms with Crippen molar-refractivity contribution in [2.45, 2.75) is 37.6 Å². The van der Waals surface area contributed by atoms with Gasteiger partial charge in [-0.25, -0.2) is 9.78 Å². The van der Waals surface area contributed by atoms with E-state index >= 15 is 0 Å². The zero-order valence-electron chi connectivity index (χ0n) is 14.1. The highest BCUT2D eigenvalue weighted by molar-refractivity contribution is 5.67. The van der Waals surface area contributed by atoms with Gasteiger partial charge in [-0.3, -0.25) is 0 Å². The fourth-order valence-corrected chi connectivity index (χ4v) is 3.70. The van der Waals surface area contributed by atoms with Crippen LogP contribution in [0.3, 0.4) is 0 Å². The number of amides is 1. The molecule has 3 rings (SSSR count). The van der Waals surface area contributed by atoms with Gasteiger partial charge in [0.25, 0.3) is 0 Å². The number of hydrogen-bond donors (Lipinski definition) is 2. The fourth-order valence-electron chi connectivity index (χ4n) is 3.70. The number of aromatic hydroxyl groups is 1. The van der Waals surface area contributed by atoms with Crippen LogP contribution in [0.2, 0.25) is 0 Å². The lowest BCUT2D eigenvalue weighted by molar-refractivity contribution is 0.0944. The Morgan fingerprint density at radius 3 is 2.50 bits per heavy atom. The summed E-state index contributed by atoms with van der Waals surface area (Å²) >= 11 is 0. The molecule has 0 bridgehead atoms. The molecule has 1 aliphatic carbocycles. The second kappa shape index (κ2) is 6.19. The molecular formula is C18H23N3O3. The Bertz CT molecular complexity index is 730. The number of carboxylic acid groups (broad SMARTS) is 1. The van der Waals surface area contributed by atoms with Crippen molar-refractivity contribution in [3.8, 4) is 17.0 Å². The number of hydrogen-bond acceptors (Lipinski definition) is 3. The van der Waals surface area contributed by atoms with Crippen molar-refractivity contribution in [1.29, 1.82) is 0 Å². The average molecular weight is 329 g/mol. The predicted molar refractivity (Wildman–Crippen MR) is 91.0 cm³/mol. The number of benzene rings is 1. The largest absolute Gasteiger partial charge is 0.508 e. The van der Waals surface area contributed by atoms with Gasteiger partial charge in [-0.05, 0) is 37.1 Å². The van der Waals surface area contributed by atoms with Gasteiger partial charge in [0.05, 0.1) is 17.6 Å². The fraction of sp³-hybridized carbons (Fsp3) is 0.444. The molecule has 128 valence electrons. The minimum Gasteiger partial charge on any atom is -0.508 e. The molecule has 1 aromatic heterocycles. The molecule has 24 heavy (non-hydrogen) atoms. The zero-order valence-corrected chi connectivity index (χ0v) is 14.1. The molecule has 0 radical (unpaired) electrons. The van der Waals surface area contributed by atoms with Crippen LogP contribution in [-0.4, -0.2) is 43.3 Å². The van der Waals surface area contributed by atoms with E-state index in [1.54, 1.807) is 25.5 Å². The van der Waals surface area contributed by atoms with Crippen molar-refractivity contribution in [2.75, 3.05) is 7.05 Å². The SMILES string of the molecule is CN(C(=O)O)C1(Cc2c(-c3ccc(O)cc3)ncn2C)CCCC1. The summed E-state index contributed by atoms with van der Waals surface area (Å²) < 4.78 is 1.97. The number of aryl methyl sites for hydroxylation is 1. The third-order valence-electron chi connectivity index (χ3n) is 5.23. The first-order valence-corrected chi connectivity index (χ1v) is 8.19. The van der Waals surface area contributed by atoms with E-state index in [9.17, 15) is 15.0 Å². The number of nitrogens with zero attached hydrogens (tertiary/aromatic N) is 3. The highest BCUT2D eigenvalue weighted by Crippen LogP contribution is 2.39. The van der Waals surface area contributed by atoms with Crippen LogP contribution >= 0.6 is 0 Å². The zero-order chi connectivity index (χ0) is 17.3. The van der Waals surface area contributed by atoms with Crippen LogP contribution < -0.4 is 0 Å². The van der Waals surface area contributed by atoms with Crippen LogP contribution in [-0.2, 0) is 13.5 Å². The van der Waals surface area contributed by atoms with Gasteiger partial charge in [0.2, 0.25) is 0 Å². The van der Waals surface area contributed by atoms with E-state index in [2.05, 4.69) is 4.98 Å². The third-order valence-corrected chi connectivity index (χ3v) is 5.23. The molecule has 0 saturated heterocycles. The lowest BCUT2D eigenvalue weighted by atomic mass is 9.88. The van der Waals surface area contributed by atoms with E-state index in [4.69, 9.17) is 0 Å². The van der Waals surface area contributed by atoms with Crippen LogP contribution in [0.5, 0.6) is 5.75 Å². The Labute approximate surface area is 141 Å². The quantitative estimate of drug-likeness (QED) is 0.902. The number of phenolic OH excluding ortho intramolecular Hbond substituents is 1. The topological polar surface area (TPSA) is 78.6 Å². The van der Waals surface area contributed by atoms with Gasteiger partial charge < -0.3 is 19.7 Å². The smallest absolute Gasteiger partial charge is 0.407 e. The van der Waals surface area contributed by atoms with Gasteiger partial charge in [-0.1, -0.05) is 12.8 Å². The summed E-state index contributed by atoms with van der Waals surface area (Å²) in [5.41, 5.74) is 2.43. The molecule has 2 N–H and O–H groups in total. The summed E-state index contributed by atoms with van der Waals surface area (Å²) in [5.74, 6) is 0.217. The van der Waals surface area contributed by atoms with Gasteiger partial charge in [0.15, 0.2) is 0 Å². The Balaban J connectivity index is 1.99. The van der Waals surface area contributed by atoms with Gasteiger partial charge >= 0.3 is 6.09 Å². The van der Waals surface area contributed by atoms with Crippen molar-refractivity contribution in [3.63, 3.8) is 0 Å². The molecule has 1 heterocycles. The van der Waals surface area contributed by atoms with Crippen molar-refractivity contribution in [2.24, 2.45) is 7.05 Å². The molecule has 0 aliphatic heterocycles. The lowest BCUT2D eigenvalue weighted by Gasteiger charge is -2.37. The number of imidazole rings is 1. The van der Waals surface area contributed by atoms with Crippen molar-refractivity contribution >= 4 is 6.09 Å². The number of carbonyl (C=O) groups is 1. The van der Waals surface area contributed by atoms with E-state index < -0.39 is 6.09 Å². The third kappa shape index (κ3) is 2.84. The molecular weight excluding hydrogens is 306 g/mol. The molecule has 1 aliphatic rings. The molecule has 2 aromatic rings. The minimum absolute atomic E-state index is 0.217. The average Bonchev–Trinajstić information content (AvgIpc) is 3.17. The van der Waals surface area contributed by atoms with Crippen LogP contribution in [0.4, 0.5) is 4.79 Å². The summed E-state index contributed by atoms with van der Waals surface area (Å²) in [6.45, 7) is 0. The van der Waals surface area contributed by atoms with Crippen molar-refractivity contribution in [3.05, 3.63) is 36.3 Å². The first-order chi connectivity index (χ1) is 11.4. The Kier molecular flexibility index (Phi) is 4.22. The lowest BCUT2D eigenvalue weighted by Crippen LogP contribution is -2.49. The van der Waals surface area contributed by atoms with Crippen LogP contribution in [0, 0.1) is 0 Å². The number of likely N-dealkylation sites (N-methyl/N-ethyl adjacent to an activating group) is 1. The van der Waals surface area contributed by atoms with Gasteiger partial charge in [0, 0.05) is 31.8 Å². The first kappa shape index (κ1) is 16.4. The van der Waals surface area contributed by atoms with Crippen LogP contribution in [0.15, 0.2) is 30.6 Å². The van der Waals surface area contributed by atoms with Crippen molar-refractivity contribution < 1.29 is 15.0 Å². The molecule has 1 fully saturated rings. The Hall–Kier alpha value is -2.50. The van der Waals surface area contributed by atoms with Crippen molar-refractivity contribution in [1.82, 2.24) is 14.5 Å². The summed E-state index contributed by atoms with van der Waals surface area (Å²) in [7, 11) is 3.61. The van der Waals surface area contributed by atoms with E-state index in [-0.39, 0.29) is 11.3 Å². The molecule has 0 atom stereocenters. The van der Waals surface area contributed by atoms with Gasteiger partial charge in [-0.2, -0.15) is 0 Å². The van der Waals surface area contributed by atoms with Gasteiger partial charge in [0.1, 0.15) is 5.75 Å². The number of phenols is 1. The molecule has 0 unspecified atom stereocenters. The van der Waals surface area contributed by atoms with E-state index in [0.29, 0.717) is 6.42 Å². The minimum atomic E-state index is -0.884. The Morgan fingerprint density at radius 2 is 1.92 bits per heavy atom. The molecule has 6 nitrogen and oxygen atoms in total. The standard InChI is InChI=1S/C18H23N3O3/c1-20-12-19-16(13-5-7-14(22)8-6-13)15(20)11-18(9-3-4-10-18)21(2)17(23)24/h5-8,12,22H,3-4,9-11H2,1-2H3,(H,23,24). The van der Waals surface area contributed by atoms with Crippen LogP contribution in [0.25, 0.3) is 11.3 Å². The monoisotopic (exact) mass is 329 g/mol. The highest BCUT2D eigenvalue weighted by Gasteiger charge is 2.41. The summed E-state index contributed by atoms with van der Waals surface area (Å²) in [6, 6.07) is 6.96. The summed E-state index contributed by atoms with van der Waals surface area (Å²) in [6.07, 6.45) is 5.36. The maximum absolute atomic E-state index is 11.6. The molecule has 0 spiro atoms. The maximum atomic E-state index is 11.6. The summed E-state index contributed by atoms with van der Waals surface area (Å²) in [4.78, 5) is 17.6. The van der Waals surface area contributed by atoms with E-state index in [1.807, 2.05) is 23.7 Å². The number of rotatable bonds is 4. The normalized spacial score (nSPS) is 16.2. The summed E-state index contributed by atoms with van der Waals surface area (Å²) in [5, 5.41) is 19.0. The number of aromatic nitrogens is 2. The molecule has 1 amide bonds.